The van der Waals surface area contributed by atoms with Crippen LogP contribution in [0, 0.1) is 6.92 Å². The molecule has 0 aliphatic carbocycles. The molecule has 0 saturated carbocycles. The minimum absolute atomic E-state index is 0.439. The molecule has 0 fully saturated rings. The molecule has 0 aliphatic heterocycles. The Bertz CT molecular complexity index is 541. The number of thiophene rings is 1. The van der Waals surface area contributed by atoms with Crippen molar-refractivity contribution in [2.24, 2.45) is 5.73 Å². The number of hydrogen-bond acceptors (Lipinski definition) is 5. The van der Waals surface area contributed by atoms with Crippen LogP contribution in [0.15, 0.2) is 22.0 Å². The summed E-state index contributed by atoms with van der Waals surface area (Å²) >= 11 is 5.17. The first-order chi connectivity index (χ1) is 8.58. The Morgan fingerprint density at radius 3 is 2.78 bits per heavy atom. The second-order valence-electron chi connectivity index (χ2n) is 4.09. The van der Waals surface area contributed by atoms with Gasteiger partial charge in [0, 0.05) is 34.0 Å². The maximum Gasteiger partial charge on any atom is 0.225 e. The summed E-state index contributed by atoms with van der Waals surface area (Å²) in [7, 11) is 1.99. The molecular formula is C12H15BrN4S. The van der Waals surface area contributed by atoms with Crippen LogP contribution in [0.4, 0.5) is 5.95 Å². The van der Waals surface area contributed by atoms with Gasteiger partial charge in [0.15, 0.2) is 0 Å². The molecule has 6 heteroatoms. The van der Waals surface area contributed by atoms with Crippen LogP contribution in [0.25, 0.3) is 0 Å². The summed E-state index contributed by atoms with van der Waals surface area (Å²) in [6.07, 6.45) is 0. The fraction of sp³-hybridized carbons (Fsp3) is 0.333. The molecule has 4 nitrogen and oxygen atoms in total. The zero-order chi connectivity index (χ0) is 13.1. The Morgan fingerprint density at radius 2 is 2.17 bits per heavy atom. The molecular weight excluding hydrogens is 312 g/mol. The first-order valence-electron chi connectivity index (χ1n) is 5.57. The van der Waals surface area contributed by atoms with Crippen molar-refractivity contribution in [2.75, 3.05) is 11.9 Å². The highest BCUT2D eigenvalue weighted by Crippen LogP contribution is 2.22. The predicted molar refractivity (Wildman–Crippen MR) is 78.8 cm³/mol. The van der Waals surface area contributed by atoms with Crippen molar-refractivity contribution < 1.29 is 0 Å². The molecule has 2 N–H and O–H groups in total. The first kappa shape index (κ1) is 13.5. The van der Waals surface area contributed by atoms with E-state index in [-0.39, 0.29) is 0 Å². The average Bonchev–Trinajstić information content (AvgIpc) is 2.73. The van der Waals surface area contributed by atoms with E-state index in [1.165, 1.54) is 4.88 Å². The number of nitrogens with two attached hydrogens (primary N) is 1. The van der Waals surface area contributed by atoms with Gasteiger partial charge in [-0.1, -0.05) is 0 Å². The lowest BCUT2D eigenvalue weighted by Crippen LogP contribution is -2.20. The number of nitrogens with zero attached hydrogens (tertiary/aromatic N) is 3. The monoisotopic (exact) mass is 326 g/mol. The molecule has 0 radical (unpaired) electrons. The van der Waals surface area contributed by atoms with Crippen molar-refractivity contribution in [2.45, 2.75) is 20.0 Å². The van der Waals surface area contributed by atoms with Gasteiger partial charge in [-0.2, -0.15) is 0 Å². The van der Waals surface area contributed by atoms with Crippen LogP contribution in [0.1, 0.15) is 16.3 Å². The second-order valence-corrected chi connectivity index (χ2v) is 6.00. The SMILES string of the molecule is Cc1cc(CN)nc(N(C)Cc2cc(Br)cs2)n1. The second kappa shape index (κ2) is 5.77. The van der Waals surface area contributed by atoms with E-state index in [4.69, 9.17) is 5.73 Å². The fourth-order valence-corrected chi connectivity index (χ4v) is 3.14. The quantitative estimate of drug-likeness (QED) is 0.938. The predicted octanol–water partition coefficient (Wildman–Crippen LogP) is 2.70. The summed E-state index contributed by atoms with van der Waals surface area (Å²) in [6.45, 7) is 3.19. The van der Waals surface area contributed by atoms with Crippen molar-refractivity contribution in [1.82, 2.24) is 9.97 Å². The third-order valence-electron chi connectivity index (χ3n) is 2.46. The van der Waals surface area contributed by atoms with Gasteiger partial charge in [-0.15, -0.1) is 11.3 Å². The summed E-state index contributed by atoms with van der Waals surface area (Å²) < 4.78 is 1.11. The molecule has 18 heavy (non-hydrogen) atoms. The summed E-state index contributed by atoms with van der Waals surface area (Å²) in [5.74, 6) is 0.722. The van der Waals surface area contributed by atoms with Crippen molar-refractivity contribution in [3.63, 3.8) is 0 Å². The minimum atomic E-state index is 0.439. The molecule has 0 aliphatic rings. The number of rotatable bonds is 4. The van der Waals surface area contributed by atoms with Crippen molar-refractivity contribution in [3.05, 3.63) is 38.3 Å². The van der Waals surface area contributed by atoms with E-state index in [2.05, 4.69) is 37.3 Å². The van der Waals surface area contributed by atoms with E-state index >= 15 is 0 Å². The van der Waals surface area contributed by atoms with Crippen LogP contribution in [-0.2, 0) is 13.1 Å². The van der Waals surface area contributed by atoms with Crippen molar-refractivity contribution in [3.8, 4) is 0 Å². The van der Waals surface area contributed by atoms with E-state index in [0.29, 0.717) is 6.54 Å². The van der Waals surface area contributed by atoms with Crippen LogP contribution in [0.2, 0.25) is 0 Å². The Labute approximate surface area is 119 Å². The highest BCUT2D eigenvalue weighted by molar-refractivity contribution is 9.10. The van der Waals surface area contributed by atoms with Gasteiger partial charge < -0.3 is 10.6 Å². The maximum atomic E-state index is 5.63. The molecule has 2 aromatic heterocycles. The molecule has 0 bridgehead atoms. The minimum Gasteiger partial charge on any atom is -0.339 e. The number of aromatic nitrogens is 2. The smallest absolute Gasteiger partial charge is 0.225 e. The Kier molecular flexibility index (Phi) is 4.31. The highest BCUT2D eigenvalue weighted by Gasteiger charge is 2.08. The molecule has 0 unspecified atom stereocenters. The molecule has 0 atom stereocenters. The lowest BCUT2D eigenvalue weighted by molar-refractivity contribution is 0.844. The van der Waals surface area contributed by atoms with Crippen LogP contribution in [-0.4, -0.2) is 17.0 Å². The van der Waals surface area contributed by atoms with Crippen molar-refractivity contribution >= 4 is 33.2 Å². The number of aryl methyl sites for hydroxylation is 1. The molecule has 0 aromatic carbocycles. The van der Waals surface area contributed by atoms with Crippen molar-refractivity contribution in [1.29, 1.82) is 0 Å². The summed E-state index contributed by atoms with van der Waals surface area (Å²) in [4.78, 5) is 12.2. The largest absolute Gasteiger partial charge is 0.339 e. The van der Waals surface area contributed by atoms with Gasteiger partial charge in [0.25, 0.3) is 0 Å². The highest BCUT2D eigenvalue weighted by atomic mass is 79.9. The Hall–Kier alpha value is -0.980. The Morgan fingerprint density at radius 1 is 1.39 bits per heavy atom. The molecule has 2 rings (SSSR count). The number of hydrogen-bond donors (Lipinski definition) is 1. The lowest BCUT2D eigenvalue weighted by Gasteiger charge is -2.17. The molecule has 0 amide bonds. The third-order valence-corrected chi connectivity index (χ3v) is 4.14. The zero-order valence-corrected chi connectivity index (χ0v) is 12.8. The first-order valence-corrected chi connectivity index (χ1v) is 7.24. The van der Waals surface area contributed by atoms with Crippen LogP contribution in [0.3, 0.4) is 0 Å². The number of halogens is 1. The summed E-state index contributed by atoms with van der Waals surface area (Å²) in [5, 5.41) is 2.07. The average molecular weight is 327 g/mol. The summed E-state index contributed by atoms with van der Waals surface area (Å²) in [6, 6.07) is 4.03. The Balaban J connectivity index is 2.17. The lowest BCUT2D eigenvalue weighted by atomic mass is 10.3. The molecule has 2 heterocycles. The van der Waals surface area contributed by atoms with E-state index in [1.807, 2.05) is 24.9 Å². The number of anilines is 1. The normalized spacial score (nSPS) is 10.7. The van der Waals surface area contributed by atoms with Gasteiger partial charge in [-0.3, -0.25) is 0 Å². The van der Waals surface area contributed by atoms with E-state index in [0.717, 1.165) is 28.4 Å². The topological polar surface area (TPSA) is 55.0 Å². The van der Waals surface area contributed by atoms with E-state index in [9.17, 15) is 0 Å². The fourth-order valence-electron chi connectivity index (χ4n) is 1.63. The van der Waals surface area contributed by atoms with Gasteiger partial charge in [0.05, 0.1) is 12.2 Å². The molecule has 0 saturated heterocycles. The van der Waals surface area contributed by atoms with Crippen LogP contribution < -0.4 is 10.6 Å². The molecule has 2 aromatic rings. The maximum absolute atomic E-state index is 5.63. The molecule has 96 valence electrons. The van der Waals surface area contributed by atoms with Crippen LogP contribution >= 0.6 is 27.3 Å². The molecule has 0 spiro atoms. The standard InChI is InChI=1S/C12H15BrN4S/c1-8-3-10(5-14)16-12(15-8)17(2)6-11-4-9(13)7-18-11/h3-4,7H,5-6,14H2,1-2H3. The van der Waals surface area contributed by atoms with Gasteiger partial charge in [-0.05, 0) is 35.0 Å². The van der Waals surface area contributed by atoms with Gasteiger partial charge >= 0.3 is 0 Å². The third kappa shape index (κ3) is 3.28. The zero-order valence-electron chi connectivity index (χ0n) is 10.4. The van der Waals surface area contributed by atoms with Gasteiger partial charge in [-0.25, -0.2) is 9.97 Å². The van der Waals surface area contributed by atoms with E-state index < -0.39 is 0 Å². The van der Waals surface area contributed by atoms with Gasteiger partial charge in [0.1, 0.15) is 0 Å². The summed E-state index contributed by atoms with van der Waals surface area (Å²) in [5.41, 5.74) is 7.45. The van der Waals surface area contributed by atoms with Gasteiger partial charge in [0.2, 0.25) is 5.95 Å². The van der Waals surface area contributed by atoms with Crippen LogP contribution in [0.5, 0.6) is 0 Å². The van der Waals surface area contributed by atoms with E-state index in [1.54, 1.807) is 11.3 Å².